The molecule has 0 bridgehead atoms. The van der Waals surface area contributed by atoms with Gasteiger partial charge < -0.3 is 10.1 Å². The van der Waals surface area contributed by atoms with Crippen LogP contribution in [0, 0.1) is 5.82 Å². The molecular weight excluding hydrogens is 323 g/mol. The Hall–Kier alpha value is -3.06. The van der Waals surface area contributed by atoms with Gasteiger partial charge in [-0.2, -0.15) is 0 Å². The normalized spacial score (nSPS) is 16.3. The van der Waals surface area contributed by atoms with Gasteiger partial charge in [-0.25, -0.2) is 9.07 Å². The number of carbonyl (C=O) groups excluding carboxylic acids is 1. The summed E-state index contributed by atoms with van der Waals surface area (Å²) in [5, 5.41) is 10.7. The maximum atomic E-state index is 12.9. The number of hydrogen-bond donors (Lipinski definition) is 1. The Labute approximate surface area is 143 Å². The highest BCUT2D eigenvalue weighted by Crippen LogP contribution is 2.27. The van der Waals surface area contributed by atoms with Crippen LogP contribution in [0.3, 0.4) is 0 Å². The van der Waals surface area contributed by atoms with Crippen molar-refractivity contribution in [1.29, 1.82) is 0 Å². The molecule has 3 aromatic rings. The van der Waals surface area contributed by atoms with Crippen LogP contribution in [0.25, 0.3) is 0 Å². The Morgan fingerprint density at radius 3 is 2.68 bits per heavy atom. The van der Waals surface area contributed by atoms with E-state index in [-0.39, 0.29) is 24.2 Å². The molecule has 0 saturated carbocycles. The summed E-state index contributed by atoms with van der Waals surface area (Å²) in [5.74, 6) is -0.756. The Bertz CT molecular complexity index is 893. The number of rotatable bonds is 3. The quantitative estimate of drug-likeness (QED) is 0.797. The first kappa shape index (κ1) is 15.5. The number of nitrogens with zero attached hydrogens (tertiary/aromatic N) is 3. The predicted molar refractivity (Wildman–Crippen MR) is 88.3 cm³/mol. The summed E-state index contributed by atoms with van der Waals surface area (Å²) in [7, 11) is 0. The second kappa shape index (κ2) is 6.45. The van der Waals surface area contributed by atoms with E-state index in [4.69, 9.17) is 4.74 Å². The number of ether oxygens (including phenoxy) is 1. The van der Waals surface area contributed by atoms with Crippen molar-refractivity contribution in [3.8, 4) is 0 Å². The summed E-state index contributed by atoms with van der Waals surface area (Å²) < 4.78 is 20.5. The first-order valence-electron chi connectivity index (χ1n) is 7.86. The van der Waals surface area contributed by atoms with Crippen LogP contribution >= 0.6 is 0 Å². The van der Waals surface area contributed by atoms with Gasteiger partial charge in [0, 0.05) is 5.69 Å². The lowest BCUT2D eigenvalue weighted by Gasteiger charge is -2.24. The van der Waals surface area contributed by atoms with Crippen molar-refractivity contribution in [1.82, 2.24) is 15.0 Å². The summed E-state index contributed by atoms with van der Waals surface area (Å²) >= 11 is 0. The zero-order valence-electron chi connectivity index (χ0n) is 13.2. The van der Waals surface area contributed by atoms with Crippen LogP contribution in [0.15, 0.2) is 54.6 Å². The minimum atomic E-state index is -0.394. The maximum absolute atomic E-state index is 12.9. The standard InChI is InChI=1S/C18H15FN4O2/c19-13-6-8-14(9-7-13)20-18(24)17-15-11-25-16(10-23(15)22-21-17)12-4-2-1-3-5-12/h1-9,16H,10-11H2,(H,20,24)/t16-/m1/s1. The summed E-state index contributed by atoms with van der Waals surface area (Å²) in [5.41, 5.74) is 2.40. The molecule has 25 heavy (non-hydrogen) atoms. The van der Waals surface area contributed by atoms with Crippen molar-refractivity contribution in [3.05, 3.63) is 77.4 Å². The molecule has 0 spiro atoms. The molecule has 0 fully saturated rings. The van der Waals surface area contributed by atoms with Crippen LogP contribution in [-0.2, 0) is 17.9 Å². The molecule has 1 N–H and O–H groups in total. The minimum absolute atomic E-state index is 0.122. The highest BCUT2D eigenvalue weighted by atomic mass is 19.1. The van der Waals surface area contributed by atoms with Gasteiger partial charge in [-0.15, -0.1) is 5.10 Å². The van der Waals surface area contributed by atoms with E-state index in [2.05, 4.69) is 15.6 Å². The third-order valence-electron chi connectivity index (χ3n) is 4.09. The molecule has 6 nitrogen and oxygen atoms in total. The Morgan fingerprint density at radius 2 is 1.92 bits per heavy atom. The third-order valence-corrected chi connectivity index (χ3v) is 4.09. The molecule has 7 heteroatoms. The van der Waals surface area contributed by atoms with Crippen molar-refractivity contribution in [2.75, 3.05) is 5.32 Å². The van der Waals surface area contributed by atoms with Gasteiger partial charge in [0.25, 0.3) is 5.91 Å². The fraction of sp³-hybridized carbons (Fsp3) is 0.167. The number of benzene rings is 2. The number of fused-ring (bicyclic) bond motifs is 1. The Morgan fingerprint density at radius 1 is 1.16 bits per heavy atom. The zero-order chi connectivity index (χ0) is 17.2. The molecule has 1 amide bonds. The lowest BCUT2D eigenvalue weighted by molar-refractivity contribution is -0.00171. The molecule has 0 unspecified atom stereocenters. The smallest absolute Gasteiger partial charge is 0.278 e. The molecule has 0 aliphatic carbocycles. The first-order chi connectivity index (χ1) is 12.2. The average molecular weight is 338 g/mol. The van der Waals surface area contributed by atoms with E-state index in [1.807, 2.05) is 30.3 Å². The molecule has 0 radical (unpaired) electrons. The largest absolute Gasteiger partial charge is 0.365 e. The van der Waals surface area contributed by atoms with Gasteiger partial charge in [0.2, 0.25) is 0 Å². The van der Waals surface area contributed by atoms with Crippen molar-refractivity contribution in [2.24, 2.45) is 0 Å². The lowest BCUT2D eigenvalue weighted by atomic mass is 10.1. The van der Waals surface area contributed by atoms with E-state index >= 15 is 0 Å². The fourth-order valence-electron chi connectivity index (χ4n) is 2.78. The van der Waals surface area contributed by atoms with Crippen LogP contribution in [-0.4, -0.2) is 20.9 Å². The summed E-state index contributed by atoms with van der Waals surface area (Å²) in [6.07, 6.45) is -0.122. The second-order valence-electron chi connectivity index (χ2n) is 5.74. The molecule has 2 aromatic carbocycles. The second-order valence-corrected chi connectivity index (χ2v) is 5.74. The van der Waals surface area contributed by atoms with Crippen molar-refractivity contribution in [3.63, 3.8) is 0 Å². The topological polar surface area (TPSA) is 69.0 Å². The van der Waals surface area contributed by atoms with Crippen LogP contribution < -0.4 is 5.32 Å². The summed E-state index contributed by atoms with van der Waals surface area (Å²) in [6, 6.07) is 15.4. The Balaban J connectivity index is 1.51. The third kappa shape index (κ3) is 3.14. The van der Waals surface area contributed by atoms with Gasteiger partial charge in [0.05, 0.1) is 18.8 Å². The summed E-state index contributed by atoms with van der Waals surface area (Å²) in [4.78, 5) is 12.4. The molecule has 1 aliphatic rings. The van der Waals surface area contributed by atoms with E-state index < -0.39 is 5.91 Å². The lowest BCUT2D eigenvalue weighted by Crippen LogP contribution is -2.24. The van der Waals surface area contributed by atoms with Gasteiger partial charge in [0.15, 0.2) is 5.69 Å². The van der Waals surface area contributed by atoms with E-state index in [1.54, 1.807) is 4.68 Å². The van der Waals surface area contributed by atoms with Crippen molar-refractivity contribution >= 4 is 11.6 Å². The highest BCUT2D eigenvalue weighted by molar-refractivity contribution is 6.03. The highest BCUT2D eigenvalue weighted by Gasteiger charge is 2.27. The van der Waals surface area contributed by atoms with Gasteiger partial charge in [-0.3, -0.25) is 4.79 Å². The number of aromatic nitrogens is 3. The number of carbonyl (C=O) groups is 1. The van der Waals surface area contributed by atoms with E-state index in [0.29, 0.717) is 17.9 Å². The van der Waals surface area contributed by atoms with Gasteiger partial charge in [-0.05, 0) is 29.8 Å². The zero-order valence-corrected chi connectivity index (χ0v) is 13.2. The van der Waals surface area contributed by atoms with Gasteiger partial charge in [-0.1, -0.05) is 35.5 Å². The predicted octanol–water partition coefficient (Wildman–Crippen LogP) is 2.94. The maximum Gasteiger partial charge on any atom is 0.278 e. The van der Waals surface area contributed by atoms with E-state index in [0.717, 1.165) is 5.56 Å². The van der Waals surface area contributed by atoms with Gasteiger partial charge >= 0.3 is 0 Å². The number of halogens is 1. The van der Waals surface area contributed by atoms with E-state index in [1.165, 1.54) is 24.3 Å². The SMILES string of the molecule is O=C(Nc1ccc(F)cc1)c1nnn2c1CO[C@@H](c1ccccc1)C2. The first-order valence-corrected chi connectivity index (χ1v) is 7.86. The Kier molecular flexibility index (Phi) is 3.99. The van der Waals surface area contributed by atoms with E-state index in [9.17, 15) is 9.18 Å². The molecule has 4 rings (SSSR count). The minimum Gasteiger partial charge on any atom is -0.365 e. The summed E-state index contributed by atoms with van der Waals surface area (Å²) in [6.45, 7) is 0.745. The van der Waals surface area contributed by atoms with Crippen LogP contribution in [0.4, 0.5) is 10.1 Å². The molecule has 1 atom stereocenters. The van der Waals surface area contributed by atoms with Crippen LogP contribution in [0.5, 0.6) is 0 Å². The molecule has 1 aromatic heterocycles. The van der Waals surface area contributed by atoms with Crippen molar-refractivity contribution in [2.45, 2.75) is 19.3 Å². The van der Waals surface area contributed by atoms with Crippen LogP contribution in [0.1, 0.15) is 27.8 Å². The van der Waals surface area contributed by atoms with Crippen molar-refractivity contribution < 1.29 is 13.9 Å². The van der Waals surface area contributed by atoms with Crippen LogP contribution in [0.2, 0.25) is 0 Å². The molecule has 2 heterocycles. The number of amides is 1. The average Bonchev–Trinajstić information content (AvgIpc) is 3.07. The monoisotopic (exact) mass is 338 g/mol. The molecule has 1 aliphatic heterocycles. The number of anilines is 1. The number of nitrogens with one attached hydrogen (secondary N) is 1. The van der Waals surface area contributed by atoms with Gasteiger partial charge in [0.1, 0.15) is 11.9 Å². The molecule has 0 saturated heterocycles. The fourth-order valence-corrected chi connectivity index (χ4v) is 2.78. The molecular formula is C18H15FN4O2. The number of hydrogen-bond acceptors (Lipinski definition) is 4. The molecule has 126 valence electrons.